The summed E-state index contributed by atoms with van der Waals surface area (Å²) in [6.07, 6.45) is 0. The minimum absolute atomic E-state index is 0.0163. The van der Waals surface area contributed by atoms with E-state index in [9.17, 15) is 0 Å². The number of hydrogen-bond acceptors (Lipinski definition) is 4. The van der Waals surface area contributed by atoms with Crippen LogP contribution < -0.4 is 11.3 Å². The minimum atomic E-state index is -0.0163. The van der Waals surface area contributed by atoms with Crippen LogP contribution >= 0.6 is 0 Å². The molecule has 0 saturated carbocycles. The highest BCUT2D eigenvalue weighted by atomic mass is 16.5. The largest absolute Gasteiger partial charge is 0.375 e. The first kappa shape index (κ1) is 15.7. The lowest BCUT2D eigenvalue weighted by Crippen LogP contribution is -2.42. The molecule has 0 unspecified atom stereocenters. The molecule has 0 radical (unpaired) electrons. The van der Waals surface area contributed by atoms with Gasteiger partial charge < -0.3 is 9.47 Å². The summed E-state index contributed by atoms with van der Waals surface area (Å²) < 4.78 is 11.3. The van der Waals surface area contributed by atoms with Crippen molar-refractivity contribution < 1.29 is 9.47 Å². The Labute approximate surface area is 125 Å². The van der Waals surface area contributed by atoms with E-state index in [0.29, 0.717) is 26.4 Å². The Balaban J connectivity index is 1.64. The van der Waals surface area contributed by atoms with Crippen molar-refractivity contribution in [2.45, 2.75) is 19.3 Å². The highest BCUT2D eigenvalue weighted by Gasteiger charge is 2.07. The smallest absolute Gasteiger partial charge is 0.0717 e. The number of hydrazine groups is 1. The quantitative estimate of drug-likeness (QED) is 0.548. The molecule has 0 amide bonds. The third kappa shape index (κ3) is 6.06. The SMILES string of the molecule is NNC(COCc1ccccc1)COCc1ccccc1. The molecule has 0 aliphatic carbocycles. The molecule has 2 aromatic carbocycles. The molecule has 0 aliphatic heterocycles. The number of rotatable bonds is 9. The molecule has 2 aromatic rings. The van der Waals surface area contributed by atoms with Crippen molar-refractivity contribution in [1.29, 1.82) is 0 Å². The standard InChI is InChI=1S/C17H22N2O2/c18-19-17(13-20-11-15-7-3-1-4-8-15)14-21-12-16-9-5-2-6-10-16/h1-10,17,19H,11-14,18H2. The maximum absolute atomic E-state index is 5.65. The van der Waals surface area contributed by atoms with Gasteiger partial charge in [0.2, 0.25) is 0 Å². The zero-order valence-electron chi connectivity index (χ0n) is 12.1. The van der Waals surface area contributed by atoms with Gasteiger partial charge in [-0.3, -0.25) is 11.3 Å². The Morgan fingerprint density at radius 1 is 0.762 bits per heavy atom. The van der Waals surface area contributed by atoms with Gasteiger partial charge in [0.25, 0.3) is 0 Å². The average molecular weight is 286 g/mol. The maximum Gasteiger partial charge on any atom is 0.0717 e. The van der Waals surface area contributed by atoms with E-state index < -0.39 is 0 Å². The number of hydrogen-bond donors (Lipinski definition) is 2. The van der Waals surface area contributed by atoms with Crippen molar-refractivity contribution in [2.24, 2.45) is 5.84 Å². The molecule has 0 heterocycles. The van der Waals surface area contributed by atoms with E-state index in [1.165, 1.54) is 0 Å². The Kier molecular flexibility index (Phi) is 6.91. The van der Waals surface area contributed by atoms with E-state index in [1.807, 2.05) is 60.7 Å². The van der Waals surface area contributed by atoms with Crippen LogP contribution in [0.4, 0.5) is 0 Å². The lowest BCUT2D eigenvalue weighted by Gasteiger charge is -2.16. The molecule has 0 fully saturated rings. The number of nitrogens with one attached hydrogen (secondary N) is 1. The topological polar surface area (TPSA) is 56.5 Å². The summed E-state index contributed by atoms with van der Waals surface area (Å²) in [6.45, 7) is 2.19. The van der Waals surface area contributed by atoms with Crippen LogP contribution in [0.1, 0.15) is 11.1 Å². The van der Waals surface area contributed by atoms with E-state index >= 15 is 0 Å². The van der Waals surface area contributed by atoms with E-state index in [-0.39, 0.29) is 6.04 Å². The van der Waals surface area contributed by atoms with Crippen LogP contribution in [-0.4, -0.2) is 19.3 Å². The van der Waals surface area contributed by atoms with Gasteiger partial charge in [0, 0.05) is 0 Å². The second-order valence-corrected chi connectivity index (χ2v) is 4.87. The van der Waals surface area contributed by atoms with Gasteiger partial charge in [-0.25, -0.2) is 0 Å². The van der Waals surface area contributed by atoms with Crippen molar-refractivity contribution in [3.8, 4) is 0 Å². The van der Waals surface area contributed by atoms with Gasteiger partial charge in [0.05, 0.1) is 32.5 Å². The molecule has 3 N–H and O–H groups in total. The summed E-state index contributed by atoms with van der Waals surface area (Å²) in [6, 6.07) is 20.1. The second kappa shape index (κ2) is 9.26. The van der Waals surface area contributed by atoms with Crippen molar-refractivity contribution in [3.63, 3.8) is 0 Å². The van der Waals surface area contributed by atoms with Crippen LogP contribution in [0.3, 0.4) is 0 Å². The van der Waals surface area contributed by atoms with E-state index in [4.69, 9.17) is 15.3 Å². The Morgan fingerprint density at radius 3 is 1.57 bits per heavy atom. The molecular weight excluding hydrogens is 264 g/mol. The molecule has 0 aliphatic rings. The van der Waals surface area contributed by atoms with Crippen molar-refractivity contribution >= 4 is 0 Å². The van der Waals surface area contributed by atoms with Crippen LogP contribution in [0.25, 0.3) is 0 Å². The fourth-order valence-corrected chi connectivity index (χ4v) is 1.93. The summed E-state index contributed by atoms with van der Waals surface area (Å²) >= 11 is 0. The second-order valence-electron chi connectivity index (χ2n) is 4.87. The van der Waals surface area contributed by atoms with E-state index in [0.717, 1.165) is 11.1 Å². The summed E-state index contributed by atoms with van der Waals surface area (Å²) in [5.74, 6) is 5.52. The summed E-state index contributed by atoms with van der Waals surface area (Å²) in [5, 5.41) is 0. The Hall–Kier alpha value is -1.72. The monoisotopic (exact) mass is 286 g/mol. The van der Waals surface area contributed by atoms with E-state index in [2.05, 4.69) is 5.43 Å². The van der Waals surface area contributed by atoms with Gasteiger partial charge >= 0.3 is 0 Å². The summed E-state index contributed by atoms with van der Waals surface area (Å²) in [7, 11) is 0. The highest BCUT2D eigenvalue weighted by Crippen LogP contribution is 2.03. The van der Waals surface area contributed by atoms with Gasteiger partial charge in [0.15, 0.2) is 0 Å². The number of ether oxygens (including phenoxy) is 2. The molecule has 4 nitrogen and oxygen atoms in total. The van der Waals surface area contributed by atoms with Crippen LogP contribution in [0, 0.1) is 0 Å². The Morgan fingerprint density at radius 2 is 1.19 bits per heavy atom. The van der Waals surface area contributed by atoms with Crippen LogP contribution in [0.15, 0.2) is 60.7 Å². The van der Waals surface area contributed by atoms with Gasteiger partial charge in [-0.1, -0.05) is 60.7 Å². The fraction of sp³-hybridized carbons (Fsp3) is 0.294. The number of nitrogens with two attached hydrogens (primary N) is 1. The van der Waals surface area contributed by atoms with E-state index in [1.54, 1.807) is 0 Å². The highest BCUT2D eigenvalue weighted by molar-refractivity contribution is 5.14. The van der Waals surface area contributed by atoms with Crippen LogP contribution in [-0.2, 0) is 22.7 Å². The first-order valence-corrected chi connectivity index (χ1v) is 7.08. The molecule has 0 bridgehead atoms. The molecule has 0 aromatic heterocycles. The number of benzene rings is 2. The van der Waals surface area contributed by atoms with Gasteiger partial charge in [-0.05, 0) is 11.1 Å². The predicted octanol–water partition coefficient (Wildman–Crippen LogP) is 2.25. The average Bonchev–Trinajstić information content (AvgIpc) is 2.55. The molecular formula is C17H22N2O2. The normalized spacial score (nSPS) is 11.0. The molecule has 4 heteroatoms. The molecule has 21 heavy (non-hydrogen) atoms. The zero-order valence-corrected chi connectivity index (χ0v) is 12.1. The first-order chi connectivity index (χ1) is 10.4. The lowest BCUT2D eigenvalue weighted by molar-refractivity contribution is 0.0433. The first-order valence-electron chi connectivity index (χ1n) is 7.08. The molecule has 112 valence electrons. The zero-order chi connectivity index (χ0) is 14.8. The van der Waals surface area contributed by atoms with Gasteiger partial charge in [0.1, 0.15) is 0 Å². The van der Waals surface area contributed by atoms with Gasteiger partial charge in [-0.2, -0.15) is 0 Å². The van der Waals surface area contributed by atoms with Crippen molar-refractivity contribution in [2.75, 3.05) is 13.2 Å². The minimum Gasteiger partial charge on any atom is -0.375 e. The van der Waals surface area contributed by atoms with Gasteiger partial charge in [-0.15, -0.1) is 0 Å². The van der Waals surface area contributed by atoms with Crippen LogP contribution in [0.5, 0.6) is 0 Å². The Bertz CT molecular complexity index is 445. The lowest BCUT2D eigenvalue weighted by atomic mass is 10.2. The third-order valence-electron chi connectivity index (χ3n) is 3.10. The summed E-state index contributed by atoms with van der Waals surface area (Å²) in [4.78, 5) is 0. The molecule has 0 atom stereocenters. The predicted molar refractivity (Wildman–Crippen MR) is 83.3 cm³/mol. The molecule has 0 saturated heterocycles. The molecule has 0 spiro atoms. The van der Waals surface area contributed by atoms with Crippen molar-refractivity contribution in [3.05, 3.63) is 71.8 Å². The molecule has 2 rings (SSSR count). The van der Waals surface area contributed by atoms with Crippen LogP contribution in [0.2, 0.25) is 0 Å². The summed E-state index contributed by atoms with van der Waals surface area (Å²) in [5.41, 5.74) is 5.03. The maximum atomic E-state index is 5.65. The fourth-order valence-electron chi connectivity index (χ4n) is 1.93. The van der Waals surface area contributed by atoms with Crippen molar-refractivity contribution in [1.82, 2.24) is 5.43 Å². The third-order valence-corrected chi connectivity index (χ3v) is 3.10.